The van der Waals surface area contributed by atoms with Gasteiger partial charge in [-0.15, -0.1) is 0 Å². The maximum atomic E-state index is 11.4. The van der Waals surface area contributed by atoms with Crippen molar-refractivity contribution in [1.29, 1.82) is 0 Å². The lowest BCUT2D eigenvalue weighted by Crippen LogP contribution is -2.41. The molecule has 96 valence electrons. The van der Waals surface area contributed by atoms with Gasteiger partial charge in [-0.2, -0.15) is 5.10 Å². The van der Waals surface area contributed by atoms with Crippen molar-refractivity contribution >= 4 is 6.09 Å². The largest absolute Gasteiger partial charge is 0.444 e. The molecule has 4 N–H and O–H groups in total. The second-order valence-electron chi connectivity index (χ2n) is 4.95. The predicted molar refractivity (Wildman–Crippen MR) is 64.5 cm³/mol. The Morgan fingerprint density at radius 2 is 2.35 bits per heavy atom. The van der Waals surface area contributed by atoms with Crippen LogP contribution in [0.3, 0.4) is 0 Å². The van der Waals surface area contributed by atoms with E-state index >= 15 is 0 Å². The first-order valence-corrected chi connectivity index (χ1v) is 5.57. The number of ether oxygens (including phenoxy) is 1. The molecule has 1 heterocycles. The fraction of sp³-hybridized carbons (Fsp3) is 0.636. The van der Waals surface area contributed by atoms with Gasteiger partial charge in [0, 0.05) is 18.8 Å². The van der Waals surface area contributed by atoms with Gasteiger partial charge in [-0.25, -0.2) is 4.79 Å². The highest BCUT2D eigenvalue weighted by Gasteiger charge is 2.16. The van der Waals surface area contributed by atoms with Gasteiger partial charge in [0.1, 0.15) is 5.60 Å². The van der Waals surface area contributed by atoms with E-state index in [0.717, 1.165) is 5.56 Å². The second kappa shape index (κ2) is 5.67. The van der Waals surface area contributed by atoms with E-state index in [1.165, 1.54) is 0 Å². The van der Waals surface area contributed by atoms with Crippen LogP contribution in [-0.4, -0.2) is 34.5 Å². The topological polar surface area (TPSA) is 93.0 Å². The molecule has 1 rings (SSSR count). The standard InChI is InChI=1S/C11H20N4O2/c1-11(2,3)17-10(16)13-7-9(12)4-8-5-14-15-6-8/h5-6,9H,4,7,12H2,1-3H3,(H,13,16)(H,14,15). The molecule has 0 fully saturated rings. The fourth-order valence-corrected chi connectivity index (χ4v) is 1.29. The first-order chi connectivity index (χ1) is 7.87. The van der Waals surface area contributed by atoms with E-state index in [1.54, 1.807) is 12.4 Å². The van der Waals surface area contributed by atoms with Gasteiger partial charge < -0.3 is 15.8 Å². The molecule has 1 aromatic heterocycles. The number of carbonyl (C=O) groups is 1. The second-order valence-corrected chi connectivity index (χ2v) is 4.95. The van der Waals surface area contributed by atoms with Gasteiger partial charge in [-0.05, 0) is 32.8 Å². The first-order valence-electron chi connectivity index (χ1n) is 5.57. The summed E-state index contributed by atoms with van der Waals surface area (Å²) in [5.41, 5.74) is 6.39. The third kappa shape index (κ3) is 5.91. The summed E-state index contributed by atoms with van der Waals surface area (Å²) in [5, 5.41) is 9.17. The summed E-state index contributed by atoms with van der Waals surface area (Å²) in [7, 11) is 0. The Labute approximate surface area is 101 Å². The molecule has 0 aliphatic rings. The van der Waals surface area contributed by atoms with E-state index in [2.05, 4.69) is 15.5 Å². The number of hydrogen-bond acceptors (Lipinski definition) is 4. The zero-order valence-electron chi connectivity index (χ0n) is 10.5. The SMILES string of the molecule is CC(C)(C)OC(=O)NCC(N)Cc1cn[nH]c1. The van der Waals surface area contributed by atoms with E-state index in [1.807, 2.05) is 20.8 Å². The molecule has 6 nitrogen and oxygen atoms in total. The van der Waals surface area contributed by atoms with Crippen LogP contribution in [0.1, 0.15) is 26.3 Å². The molecular formula is C11H20N4O2. The highest BCUT2D eigenvalue weighted by atomic mass is 16.6. The summed E-state index contributed by atoms with van der Waals surface area (Å²) < 4.78 is 5.10. The normalized spacial score (nSPS) is 13.2. The van der Waals surface area contributed by atoms with Crippen molar-refractivity contribution in [3.8, 4) is 0 Å². The van der Waals surface area contributed by atoms with Gasteiger partial charge in [0.05, 0.1) is 6.20 Å². The van der Waals surface area contributed by atoms with Crippen molar-refractivity contribution < 1.29 is 9.53 Å². The minimum Gasteiger partial charge on any atom is -0.444 e. The average Bonchev–Trinajstić information content (AvgIpc) is 2.64. The lowest BCUT2D eigenvalue weighted by molar-refractivity contribution is 0.0524. The Morgan fingerprint density at radius 3 is 2.88 bits per heavy atom. The molecule has 1 atom stereocenters. The lowest BCUT2D eigenvalue weighted by Gasteiger charge is -2.20. The van der Waals surface area contributed by atoms with Gasteiger partial charge in [-0.3, -0.25) is 5.10 Å². The van der Waals surface area contributed by atoms with E-state index in [-0.39, 0.29) is 6.04 Å². The van der Waals surface area contributed by atoms with Gasteiger partial charge in [0.25, 0.3) is 0 Å². The number of H-pyrrole nitrogens is 1. The molecule has 1 amide bonds. The monoisotopic (exact) mass is 240 g/mol. The molecule has 0 radical (unpaired) electrons. The van der Waals surface area contributed by atoms with Crippen molar-refractivity contribution in [2.24, 2.45) is 5.73 Å². The van der Waals surface area contributed by atoms with Crippen LogP contribution in [0.25, 0.3) is 0 Å². The van der Waals surface area contributed by atoms with E-state index in [9.17, 15) is 4.79 Å². The molecule has 0 aromatic carbocycles. The molecule has 17 heavy (non-hydrogen) atoms. The minimum atomic E-state index is -0.487. The Balaban J connectivity index is 2.24. The number of rotatable bonds is 4. The summed E-state index contributed by atoms with van der Waals surface area (Å²) in [6, 6.07) is -0.153. The van der Waals surface area contributed by atoms with E-state index in [0.29, 0.717) is 13.0 Å². The van der Waals surface area contributed by atoms with Crippen LogP contribution in [0.4, 0.5) is 4.79 Å². The van der Waals surface area contributed by atoms with Gasteiger partial charge in [0.15, 0.2) is 0 Å². The summed E-state index contributed by atoms with van der Waals surface area (Å²) in [6.45, 7) is 5.83. The molecule has 1 unspecified atom stereocenters. The molecular weight excluding hydrogens is 220 g/mol. The number of nitrogens with two attached hydrogens (primary N) is 1. The van der Waals surface area contributed by atoms with Crippen molar-refractivity contribution in [2.75, 3.05) is 6.54 Å². The Bertz CT molecular complexity index is 343. The molecule has 0 saturated heterocycles. The molecule has 0 saturated carbocycles. The van der Waals surface area contributed by atoms with E-state index < -0.39 is 11.7 Å². The van der Waals surface area contributed by atoms with Crippen molar-refractivity contribution in [3.05, 3.63) is 18.0 Å². The Hall–Kier alpha value is -1.56. The third-order valence-electron chi connectivity index (χ3n) is 1.96. The number of aromatic amines is 1. The summed E-state index contributed by atoms with van der Waals surface area (Å²) >= 11 is 0. The van der Waals surface area contributed by atoms with Crippen molar-refractivity contribution in [2.45, 2.75) is 38.8 Å². The number of alkyl carbamates (subject to hydrolysis) is 1. The maximum absolute atomic E-state index is 11.4. The quantitative estimate of drug-likeness (QED) is 0.726. The summed E-state index contributed by atoms with van der Waals surface area (Å²) in [4.78, 5) is 11.4. The highest BCUT2D eigenvalue weighted by Crippen LogP contribution is 2.06. The number of carbonyl (C=O) groups excluding carboxylic acids is 1. The summed E-state index contributed by atoms with van der Waals surface area (Å²) in [5.74, 6) is 0. The number of nitrogens with one attached hydrogen (secondary N) is 2. The average molecular weight is 240 g/mol. The van der Waals surface area contributed by atoms with Gasteiger partial charge in [-0.1, -0.05) is 0 Å². The lowest BCUT2D eigenvalue weighted by atomic mass is 10.1. The van der Waals surface area contributed by atoms with E-state index in [4.69, 9.17) is 10.5 Å². The Morgan fingerprint density at radius 1 is 1.65 bits per heavy atom. The molecule has 0 aliphatic carbocycles. The molecule has 0 spiro atoms. The zero-order chi connectivity index (χ0) is 12.9. The van der Waals surface area contributed by atoms with Crippen LogP contribution in [0.2, 0.25) is 0 Å². The minimum absolute atomic E-state index is 0.153. The van der Waals surface area contributed by atoms with Crippen LogP contribution in [0.15, 0.2) is 12.4 Å². The number of hydrogen-bond donors (Lipinski definition) is 3. The van der Waals surface area contributed by atoms with Gasteiger partial charge in [0.2, 0.25) is 0 Å². The van der Waals surface area contributed by atoms with Crippen molar-refractivity contribution in [3.63, 3.8) is 0 Å². The van der Waals surface area contributed by atoms with Gasteiger partial charge >= 0.3 is 6.09 Å². The fourth-order valence-electron chi connectivity index (χ4n) is 1.29. The first kappa shape index (κ1) is 13.5. The van der Waals surface area contributed by atoms with Crippen LogP contribution >= 0.6 is 0 Å². The summed E-state index contributed by atoms with van der Waals surface area (Å²) in [6.07, 6.45) is 3.72. The molecule has 6 heteroatoms. The highest BCUT2D eigenvalue weighted by molar-refractivity contribution is 5.67. The number of amides is 1. The van der Waals surface area contributed by atoms with Crippen LogP contribution in [-0.2, 0) is 11.2 Å². The molecule has 0 aliphatic heterocycles. The maximum Gasteiger partial charge on any atom is 0.407 e. The van der Waals surface area contributed by atoms with Crippen LogP contribution in [0.5, 0.6) is 0 Å². The molecule has 0 bridgehead atoms. The number of nitrogens with zero attached hydrogens (tertiary/aromatic N) is 1. The third-order valence-corrected chi connectivity index (χ3v) is 1.96. The number of aromatic nitrogens is 2. The zero-order valence-corrected chi connectivity index (χ0v) is 10.5. The van der Waals surface area contributed by atoms with Crippen LogP contribution < -0.4 is 11.1 Å². The Kier molecular flexibility index (Phi) is 4.51. The molecule has 1 aromatic rings. The van der Waals surface area contributed by atoms with Crippen LogP contribution in [0, 0.1) is 0 Å². The predicted octanol–water partition coefficient (Wildman–Crippen LogP) is 0.804. The van der Waals surface area contributed by atoms with Crippen molar-refractivity contribution in [1.82, 2.24) is 15.5 Å². The smallest absolute Gasteiger partial charge is 0.407 e.